The molecule has 0 radical (unpaired) electrons. The molecule has 1 atom stereocenters. The molecule has 0 aromatic heterocycles. The van der Waals surface area contributed by atoms with Gasteiger partial charge in [0.25, 0.3) is 0 Å². The summed E-state index contributed by atoms with van der Waals surface area (Å²) in [5, 5.41) is 0. The molecule has 76 valence electrons. The van der Waals surface area contributed by atoms with Crippen molar-refractivity contribution in [3.63, 3.8) is 0 Å². The normalized spacial score (nSPS) is 26.1. The molecule has 0 aromatic rings. The lowest BCUT2D eigenvalue weighted by Gasteiger charge is -2.09. The first kappa shape index (κ1) is 10.4. The first-order valence-electron chi connectivity index (χ1n) is 3.67. The van der Waals surface area contributed by atoms with Crippen LogP contribution in [0.2, 0.25) is 0 Å². The molecule has 1 heterocycles. The van der Waals surface area contributed by atoms with Gasteiger partial charge in [0.15, 0.2) is 5.83 Å². The highest BCUT2D eigenvalue weighted by atomic mass is 19.4. The number of alkyl halides is 3. The average molecular weight is 202 g/mol. The summed E-state index contributed by atoms with van der Waals surface area (Å²) in [7, 11) is 0. The molecule has 1 aliphatic heterocycles. The zero-order chi connectivity index (χ0) is 10.1. The van der Waals surface area contributed by atoms with Gasteiger partial charge in [0.1, 0.15) is 6.10 Å². The molecule has 0 unspecified atom stereocenters. The molecule has 1 nitrogen and oxygen atoms in total. The van der Waals surface area contributed by atoms with Gasteiger partial charge < -0.3 is 4.74 Å². The number of allylic oxidation sites excluding steroid dienone is 1. The van der Waals surface area contributed by atoms with Crippen LogP contribution >= 0.6 is 0 Å². The number of hydrogen-bond donors (Lipinski definition) is 0. The minimum Gasteiger partial charge on any atom is -0.371 e. The fraction of sp³-hybridized carbons (Fsp3) is 0.714. The maximum Gasteiger partial charge on any atom is 0.445 e. The molecule has 1 fully saturated rings. The lowest BCUT2D eigenvalue weighted by Crippen LogP contribution is -2.15. The smallest absolute Gasteiger partial charge is 0.371 e. The van der Waals surface area contributed by atoms with Crippen molar-refractivity contribution in [2.45, 2.75) is 25.1 Å². The molecule has 6 heteroatoms. The van der Waals surface area contributed by atoms with Crippen molar-refractivity contribution < 1.29 is 26.7 Å². The molecule has 0 N–H and O–H groups in total. The van der Waals surface area contributed by atoms with Crippen LogP contribution in [0, 0.1) is 0 Å². The van der Waals surface area contributed by atoms with Crippen molar-refractivity contribution in [3.8, 4) is 0 Å². The quantitative estimate of drug-likeness (QED) is 0.594. The number of ether oxygens (including phenoxy) is 1. The summed E-state index contributed by atoms with van der Waals surface area (Å²) in [6, 6.07) is 0. The van der Waals surface area contributed by atoms with Gasteiger partial charge in [-0.25, -0.2) is 4.39 Å². The summed E-state index contributed by atoms with van der Waals surface area (Å²) in [6.45, 7) is 0.170. The molecule has 0 spiro atoms. The predicted molar refractivity (Wildman–Crippen MR) is 34.3 cm³/mol. The lowest BCUT2D eigenvalue weighted by molar-refractivity contribution is -0.113. The van der Waals surface area contributed by atoms with Crippen molar-refractivity contribution in [3.05, 3.63) is 11.7 Å². The van der Waals surface area contributed by atoms with Gasteiger partial charge in [-0.1, -0.05) is 0 Å². The van der Waals surface area contributed by atoms with E-state index in [1.165, 1.54) is 0 Å². The molecule has 0 amide bonds. The molecule has 1 rings (SSSR count). The second-order valence-corrected chi connectivity index (χ2v) is 2.66. The molecular formula is C7H7F5O. The van der Waals surface area contributed by atoms with E-state index in [0.29, 0.717) is 6.42 Å². The monoisotopic (exact) mass is 202 g/mol. The fourth-order valence-corrected chi connectivity index (χ4v) is 1.05. The van der Waals surface area contributed by atoms with E-state index >= 15 is 0 Å². The van der Waals surface area contributed by atoms with Crippen molar-refractivity contribution in [1.82, 2.24) is 0 Å². The van der Waals surface area contributed by atoms with Crippen LogP contribution in [0.25, 0.3) is 0 Å². The number of hydrogen-bond acceptors (Lipinski definition) is 1. The lowest BCUT2D eigenvalue weighted by atomic mass is 10.2. The molecular weight excluding hydrogens is 195 g/mol. The van der Waals surface area contributed by atoms with E-state index in [-0.39, 0.29) is 13.0 Å². The van der Waals surface area contributed by atoms with Gasteiger partial charge in [-0.15, -0.1) is 0 Å². The Balaban J connectivity index is 2.77. The third-order valence-electron chi connectivity index (χ3n) is 1.67. The van der Waals surface area contributed by atoms with Gasteiger partial charge in [0.2, 0.25) is 5.83 Å². The topological polar surface area (TPSA) is 9.23 Å². The third-order valence-corrected chi connectivity index (χ3v) is 1.67. The Labute approximate surface area is 71.2 Å². The molecule has 0 saturated carbocycles. The number of halogens is 5. The Morgan fingerprint density at radius 2 is 1.85 bits per heavy atom. The van der Waals surface area contributed by atoms with Gasteiger partial charge in [-0.05, 0) is 12.8 Å². The Hall–Kier alpha value is -0.650. The highest BCUT2D eigenvalue weighted by Gasteiger charge is 2.40. The van der Waals surface area contributed by atoms with E-state index < -0.39 is 23.9 Å². The van der Waals surface area contributed by atoms with Crippen LogP contribution in [0.3, 0.4) is 0 Å². The summed E-state index contributed by atoms with van der Waals surface area (Å²) in [6.07, 6.45) is -6.07. The first-order chi connectivity index (χ1) is 5.93. The van der Waals surface area contributed by atoms with E-state index in [1.54, 1.807) is 0 Å². The zero-order valence-electron chi connectivity index (χ0n) is 6.50. The second kappa shape index (κ2) is 3.61. The highest BCUT2D eigenvalue weighted by molar-refractivity contribution is 5.11. The standard InChI is InChI=1S/C7H7F5O/c8-5(4-2-1-3-13-4)6(9)7(10,11)12/h4H,1-3H2/b6-5-/t4-/m1/s1. The van der Waals surface area contributed by atoms with Crippen LogP contribution in [0.5, 0.6) is 0 Å². The molecule has 0 bridgehead atoms. The molecule has 1 aliphatic rings. The summed E-state index contributed by atoms with van der Waals surface area (Å²) in [4.78, 5) is 0. The Morgan fingerprint density at radius 1 is 1.23 bits per heavy atom. The van der Waals surface area contributed by atoms with Crippen LogP contribution in [-0.4, -0.2) is 18.9 Å². The van der Waals surface area contributed by atoms with Crippen LogP contribution in [0.15, 0.2) is 11.7 Å². The summed E-state index contributed by atoms with van der Waals surface area (Å²) in [5.74, 6) is -4.52. The molecule has 13 heavy (non-hydrogen) atoms. The van der Waals surface area contributed by atoms with Gasteiger partial charge in [0.05, 0.1) is 0 Å². The van der Waals surface area contributed by atoms with Crippen LogP contribution in [-0.2, 0) is 4.74 Å². The van der Waals surface area contributed by atoms with E-state index in [9.17, 15) is 22.0 Å². The average Bonchev–Trinajstić information content (AvgIpc) is 2.51. The minimum absolute atomic E-state index is 0.0926. The maximum atomic E-state index is 12.7. The van der Waals surface area contributed by atoms with Gasteiger partial charge in [0, 0.05) is 6.61 Å². The van der Waals surface area contributed by atoms with Crippen LogP contribution < -0.4 is 0 Å². The first-order valence-corrected chi connectivity index (χ1v) is 3.67. The highest BCUT2D eigenvalue weighted by Crippen LogP contribution is 2.33. The van der Waals surface area contributed by atoms with E-state index in [0.717, 1.165) is 0 Å². The van der Waals surface area contributed by atoms with Crippen molar-refractivity contribution in [1.29, 1.82) is 0 Å². The summed E-state index contributed by atoms with van der Waals surface area (Å²) in [5.41, 5.74) is 0. The summed E-state index contributed by atoms with van der Waals surface area (Å²) < 4.78 is 64.3. The molecule has 0 aromatic carbocycles. The maximum absolute atomic E-state index is 12.7. The summed E-state index contributed by atoms with van der Waals surface area (Å²) >= 11 is 0. The zero-order valence-corrected chi connectivity index (χ0v) is 6.50. The molecule has 1 saturated heterocycles. The fourth-order valence-electron chi connectivity index (χ4n) is 1.05. The second-order valence-electron chi connectivity index (χ2n) is 2.66. The van der Waals surface area contributed by atoms with Gasteiger partial charge in [-0.2, -0.15) is 17.6 Å². The largest absolute Gasteiger partial charge is 0.445 e. The Kier molecular flexibility index (Phi) is 2.90. The Morgan fingerprint density at radius 3 is 2.23 bits per heavy atom. The van der Waals surface area contributed by atoms with Crippen LogP contribution in [0.1, 0.15) is 12.8 Å². The minimum atomic E-state index is -5.25. The van der Waals surface area contributed by atoms with Crippen LogP contribution in [0.4, 0.5) is 22.0 Å². The van der Waals surface area contributed by atoms with Crippen molar-refractivity contribution in [2.75, 3.05) is 6.61 Å². The van der Waals surface area contributed by atoms with Gasteiger partial charge in [-0.3, -0.25) is 0 Å². The number of rotatable bonds is 1. The third kappa shape index (κ3) is 2.40. The van der Waals surface area contributed by atoms with E-state index in [1.807, 2.05) is 0 Å². The van der Waals surface area contributed by atoms with Crippen molar-refractivity contribution >= 4 is 0 Å². The SMILES string of the molecule is F/C(=C(\F)C(F)(F)F)[C@H]1CCCO1. The Bertz CT molecular complexity index is 213. The van der Waals surface area contributed by atoms with Gasteiger partial charge >= 0.3 is 6.18 Å². The van der Waals surface area contributed by atoms with E-state index in [4.69, 9.17) is 0 Å². The van der Waals surface area contributed by atoms with Crippen molar-refractivity contribution in [2.24, 2.45) is 0 Å². The molecule has 0 aliphatic carbocycles. The van der Waals surface area contributed by atoms with E-state index in [2.05, 4.69) is 4.74 Å². The predicted octanol–water partition coefficient (Wildman–Crippen LogP) is 2.88.